The highest BCUT2D eigenvalue weighted by molar-refractivity contribution is 8.13. The van der Waals surface area contributed by atoms with E-state index < -0.39 is 17.9 Å². The largest absolute Gasteiger partial charge is 0.312 e. The molecule has 2 amide bonds. The minimum Gasteiger partial charge on any atom is -0.312 e. The van der Waals surface area contributed by atoms with Crippen molar-refractivity contribution < 1.29 is 9.59 Å². The lowest BCUT2D eigenvalue weighted by Crippen LogP contribution is -2.51. The van der Waals surface area contributed by atoms with Crippen LogP contribution in [0.4, 0.5) is 0 Å². The predicted molar refractivity (Wildman–Crippen MR) is 42.1 cm³/mol. The van der Waals surface area contributed by atoms with Gasteiger partial charge in [-0.05, 0) is 6.26 Å². The van der Waals surface area contributed by atoms with E-state index in [4.69, 9.17) is 5.73 Å². The number of thioether (sulfide) groups is 1. The number of aliphatic imine (C=N–C) groups is 1. The molecule has 0 bridgehead atoms. The van der Waals surface area contributed by atoms with Gasteiger partial charge in [0.25, 0.3) is 11.8 Å². The van der Waals surface area contributed by atoms with E-state index in [2.05, 4.69) is 10.3 Å². The Kier molecular flexibility index (Phi) is 2.25. The van der Waals surface area contributed by atoms with Gasteiger partial charge >= 0.3 is 0 Å². The lowest BCUT2D eigenvalue weighted by molar-refractivity contribution is -0.129. The zero-order valence-corrected chi connectivity index (χ0v) is 6.64. The standard InChI is InChI=1S/C5H7N3O2S/c1-11-5-7-3(9)2(6)4(10)8-5/h2H,6H2,1H3,(H,7,8,9,10). The SMILES string of the molecule is CSC1=NC(=O)C(N)C(=O)N1. The van der Waals surface area contributed by atoms with Crippen LogP contribution in [0.25, 0.3) is 0 Å². The second-order valence-corrected chi connectivity index (χ2v) is 2.72. The molecule has 1 heterocycles. The van der Waals surface area contributed by atoms with Crippen LogP contribution in [-0.4, -0.2) is 29.3 Å². The Morgan fingerprint density at radius 3 is 2.73 bits per heavy atom. The second kappa shape index (κ2) is 3.02. The van der Waals surface area contributed by atoms with E-state index in [1.165, 1.54) is 11.8 Å². The van der Waals surface area contributed by atoms with E-state index in [0.717, 1.165) is 0 Å². The summed E-state index contributed by atoms with van der Waals surface area (Å²) in [5, 5.41) is 2.68. The quantitative estimate of drug-likeness (QED) is 0.445. The van der Waals surface area contributed by atoms with Crippen molar-refractivity contribution in [3.05, 3.63) is 0 Å². The van der Waals surface area contributed by atoms with E-state index in [9.17, 15) is 9.59 Å². The molecule has 1 unspecified atom stereocenters. The zero-order chi connectivity index (χ0) is 8.43. The van der Waals surface area contributed by atoms with Crippen LogP contribution in [0, 0.1) is 0 Å². The highest BCUT2D eigenvalue weighted by atomic mass is 32.2. The summed E-state index contributed by atoms with van der Waals surface area (Å²) in [4.78, 5) is 25.1. The van der Waals surface area contributed by atoms with Crippen LogP contribution in [0.1, 0.15) is 0 Å². The van der Waals surface area contributed by atoms with E-state index in [0.29, 0.717) is 5.17 Å². The summed E-state index contributed by atoms with van der Waals surface area (Å²) in [6.45, 7) is 0. The summed E-state index contributed by atoms with van der Waals surface area (Å²) in [6.07, 6.45) is 1.71. The summed E-state index contributed by atoms with van der Waals surface area (Å²) < 4.78 is 0. The van der Waals surface area contributed by atoms with Gasteiger partial charge in [0, 0.05) is 0 Å². The Bertz CT molecular complexity index is 238. The third kappa shape index (κ3) is 1.58. The molecule has 0 aliphatic carbocycles. The smallest absolute Gasteiger partial charge is 0.274 e. The fourth-order valence-electron chi connectivity index (χ4n) is 0.590. The summed E-state index contributed by atoms with van der Waals surface area (Å²) in [5.41, 5.74) is 5.16. The first-order valence-corrected chi connectivity index (χ1v) is 4.10. The van der Waals surface area contributed by atoms with Crippen LogP contribution < -0.4 is 11.1 Å². The molecule has 1 atom stereocenters. The lowest BCUT2D eigenvalue weighted by Gasteiger charge is -2.14. The highest BCUT2D eigenvalue weighted by Gasteiger charge is 2.27. The molecule has 0 spiro atoms. The fourth-order valence-corrected chi connectivity index (χ4v) is 0.973. The molecular formula is C5H7N3O2S. The number of nitrogens with zero attached hydrogens (tertiary/aromatic N) is 1. The van der Waals surface area contributed by atoms with Gasteiger partial charge in [-0.2, -0.15) is 4.99 Å². The number of amidine groups is 1. The lowest BCUT2D eigenvalue weighted by atomic mass is 10.2. The first kappa shape index (κ1) is 8.22. The summed E-state index contributed by atoms with van der Waals surface area (Å²) >= 11 is 1.20. The zero-order valence-electron chi connectivity index (χ0n) is 5.83. The Morgan fingerprint density at radius 1 is 1.64 bits per heavy atom. The molecule has 1 aliphatic heterocycles. The van der Waals surface area contributed by atoms with Crippen LogP contribution in [0.3, 0.4) is 0 Å². The van der Waals surface area contributed by atoms with Crippen LogP contribution in [-0.2, 0) is 9.59 Å². The van der Waals surface area contributed by atoms with Gasteiger partial charge in [0.15, 0.2) is 11.2 Å². The number of amides is 2. The van der Waals surface area contributed by atoms with Crippen molar-refractivity contribution in [2.24, 2.45) is 10.7 Å². The molecule has 0 aromatic heterocycles. The molecule has 0 aromatic rings. The normalized spacial score (nSPS) is 24.5. The van der Waals surface area contributed by atoms with Crippen LogP contribution in [0.2, 0.25) is 0 Å². The molecule has 1 aliphatic rings. The molecule has 0 saturated heterocycles. The maximum absolute atomic E-state index is 10.8. The molecule has 3 N–H and O–H groups in total. The van der Waals surface area contributed by atoms with Crippen molar-refractivity contribution in [3.63, 3.8) is 0 Å². The maximum atomic E-state index is 10.8. The van der Waals surface area contributed by atoms with Crippen molar-refractivity contribution in [2.75, 3.05) is 6.26 Å². The van der Waals surface area contributed by atoms with Gasteiger partial charge in [0.2, 0.25) is 0 Å². The van der Waals surface area contributed by atoms with E-state index >= 15 is 0 Å². The molecule has 0 aromatic carbocycles. The summed E-state index contributed by atoms with van der Waals surface area (Å²) in [5.74, 6) is -1.08. The number of hydrogen-bond acceptors (Lipinski definition) is 4. The minimum atomic E-state index is -1.13. The van der Waals surface area contributed by atoms with Gasteiger partial charge in [-0.3, -0.25) is 9.59 Å². The predicted octanol–water partition coefficient (Wildman–Crippen LogP) is -1.31. The second-order valence-electron chi connectivity index (χ2n) is 1.93. The van der Waals surface area contributed by atoms with E-state index in [1.54, 1.807) is 6.26 Å². The van der Waals surface area contributed by atoms with Crippen molar-refractivity contribution in [1.82, 2.24) is 5.32 Å². The van der Waals surface area contributed by atoms with Crippen LogP contribution in [0.5, 0.6) is 0 Å². The molecule has 0 radical (unpaired) electrons. The molecule has 6 heteroatoms. The molecule has 11 heavy (non-hydrogen) atoms. The van der Waals surface area contributed by atoms with Crippen LogP contribution >= 0.6 is 11.8 Å². The van der Waals surface area contributed by atoms with Gasteiger partial charge in [-0.25, -0.2) is 0 Å². The van der Waals surface area contributed by atoms with E-state index in [1.807, 2.05) is 0 Å². The van der Waals surface area contributed by atoms with Crippen LogP contribution in [0.15, 0.2) is 4.99 Å². The van der Waals surface area contributed by atoms with Gasteiger partial charge < -0.3 is 11.1 Å². The van der Waals surface area contributed by atoms with Gasteiger partial charge in [-0.15, -0.1) is 0 Å². The van der Waals surface area contributed by atoms with Crippen molar-refractivity contribution in [3.8, 4) is 0 Å². The summed E-state index contributed by atoms with van der Waals surface area (Å²) in [7, 11) is 0. The molecule has 5 nitrogen and oxygen atoms in total. The number of nitrogens with two attached hydrogens (primary N) is 1. The fraction of sp³-hybridized carbons (Fsp3) is 0.400. The Morgan fingerprint density at radius 2 is 2.27 bits per heavy atom. The van der Waals surface area contributed by atoms with Gasteiger partial charge in [0.1, 0.15) is 0 Å². The monoisotopic (exact) mass is 173 g/mol. The molecule has 60 valence electrons. The number of carbonyl (C=O) groups excluding carboxylic acids is 2. The molecule has 0 saturated carbocycles. The number of rotatable bonds is 0. The van der Waals surface area contributed by atoms with Crippen molar-refractivity contribution >= 4 is 28.7 Å². The Balaban J connectivity index is 2.85. The Hall–Kier alpha value is -0.880. The first-order chi connectivity index (χ1) is 5.15. The molecular weight excluding hydrogens is 166 g/mol. The van der Waals surface area contributed by atoms with Gasteiger partial charge in [-0.1, -0.05) is 11.8 Å². The number of carbonyl (C=O) groups is 2. The third-order valence-corrected chi connectivity index (χ3v) is 1.76. The molecule has 0 fully saturated rings. The highest BCUT2D eigenvalue weighted by Crippen LogP contribution is 2.01. The van der Waals surface area contributed by atoms with Crippen molar-refractivity contribution in [1.29, 1.82) is 0 Å². The number of nitrogens with one attached hydrogen (secondary N) is 1. The third-order valence-electron chi connectivity index (χ3n) is 1.18. The average Bonchev–Trinajstić information content (AvgIpc) is 1.99. The minimum absolute atomic E-state index is 0.307. The van der Waals surface area contributed by atoms with E-state index in [-0.39, 0.29) is 0 Å². The molecule has 1 rings (SSSR count). The first-order valence-electron chi connectivity index (χ1n) is 2.88. The van der Waals surface area contributed by atoms with Crippen molar-refractivity contribution in [2.45, 2.75) is 6.04 Å². The topological polar surface area (TPSA) is 84.6 Å². The summed E-state index contributed by atoms with van der Waals surface area (Å²) in [6, 6.07) is -1.13. The average molecular weight is 173 g/mol. The Labute approximate surface area is 67.4 Å². The number of hydrogen-bond donors (Lipinski definition) is 2. The van der Waals surface area contributed by atoms with Gasteiger partial charge in [0.05, 0.1) is 0 Å². The maximum Gasteiger partial charge on any atom is 0.274 e.